The van der Waals surface area contributed by atoms with E-state index in [1.54, 1.807) is 17.0 Å². The fourth-order valence-electron chi connectivity index (χ4n) is 3.31. The third-order valence-corrected chi connectivity index (χ3v) is 7.42. The highest BCUT2D eigenvalue weighted by atomic mass is 32.2. The number of carbonyl (C=O) groups is 1. The smallest absolute Gasteiger partial charge is 0.261 e. The summed E-state index contributed by atoms with van der Waals surface area (Å²) >= 11 is 1.53. The van der Waals surface area contributed by atoms with Crippen LogP contribution >= 0.6 is 11.8 Å². The van der Waals surface area contributed by atoms with E-state index in [1.165, 1.54) is 23.9 Å². The molecule has 8 heteroatoms. The summed E-state index contributed by atoms with van der Waals surface area (Å²) in [7, 11) is -3.82. The maximum atomic E-state index is 13.1. The van der Waals surface area contributed by atoms with Gasteiger partial charge in [0.25, 0.3) is 10.0 Å². The van der Waals surface area contributed by atoms with E-state index in [4.69, 9.17) is 0 Å². The number of hydrogen-bond donors (Lipinski definition) is 1. The standard InChI is InChI=1S/C22H19FN2O3S2/c1-15-4-2-3-5-20(15)25-21(26)14-29-22(25)16-6-10-18(11-7-16)24-30(27,28)19-12-8-17(23)9-13-19/h2-13,22,24H,14H2,1H3/t22-/m0/s1. The Morgan fingerprint density at radius 2 is 1.67 bits per heavy atom. The number of carbonyl (C=O) groups excluding carboxylic acids is 1. The molecule has 4 rings (SSSR count). The molecule has 0 unspecified atom stereocenters. The third-order valence-electron chi connectivity index (χ3n) is 4.81. The normalized spacial score (nSPS) is 16.7. The summed E-state index contributed by atoms with van der Waals surface area (Å²) in [5.74, 6) is -0.0710. The summed E-state index contributed by atoms with van der Waals surface area (Å²) in [6, 6.07) is 19.3. The van der Waals surface area contributed by atoms with Crippen molar-refractivity contribution in [3.63, 3.8) is 0 Å². The highest BCUT2D eigenvalue weighted by Crippen LogP contribution is 2.42. The van der Waals surface area contributed by atoms with E-state index < -0.39 is 15.8 Å². The zero-order valence-corrected chi connectivity index (χ0v) is 17.7. The van der Waals surface area contributed by atoms with Gasteiger partial charge in [0.15, 0.2) is 0 Å². The summed E-state index contributed by atoms with van der Waals surface area (Å²) in [6.45, 7) is 1.97. The molecule has 1 aliphatic rings. The molecule has 1 amide bonds. The molecule has 1 atom stereocenters. The maximum absolute atomic E-state index is 13.1. The predicted molar refractivity (Wildman–Crippen MR) is 118 cm³/mol. The quantitative estimate of drug-likeness (QED) is 0.621. The van der Waals surface area contributed by atoms with Crippen molar-refractivity contribution in [1.82, 2.24) is 0 Å². The topological polar surface area (TPSA) is 66.5 Å². The fraction of sp³-hybridized carbons (Fsp3) is 0.136. The Balaban J connectivity index is 1.56. The van der Waals surface area contributed by atoms with Crippen molar-refractivity contribution in [3.05, 3.63) is 89.7 Å². The van der Waals surface area contributed by atoms with Crippen molar-refractivity contribution in [3.8, 4) is 0 Å². The van der Waals surface area contributed by atoms with Gasteiger partial charge in [0.05, 0.1) is 10.6 Å². The number of thioether (sulfide) groups is 1. The average Bonchev–Trinajstić information content (AvgIpc) is 3.10. The van der Waals surface area contributed by atoms with Crippen molar-refractivity contribution in [2.45, 2.75) is 17.2 Å². The molecule has 0 radical (unpaired) electrons. The maximum Gasteiger partial charge on any atom is 0.261 e. The number of halogens is 1. The second-order valence-corrected chi connectivity index (χ2v) is 9.65. The van der Waals surface area contributed by atoms with Crippen molar-refractivity contribution >= 4 is 39.1 Å². The van der Waals surface area contributed by atoms with Gasteiger partial charge in [-0.25, -0.2) is 12.8 Å². The Bertz CT molecular complexity index is 1180. The SMILES string of the molecule is Cc1ccccc1N1C(=O)CS[C@H]1c1ccc(NS(=O)(=O)c2ccc(F)cc2)cc1. The molecule has 0 saturated carbocycles. The fourth-order valence-corrected chi connectivity index (χ4v) is 5.54. The molecule has 0 spiro atoms. The molecule has 3 aromatic carbocycles. The lowest BCUT2D eigenvalue weighted by molar-refractivity contribution is -0.115. The molecule has 0 aromatic heterocycles. The molecular formula is C22H19FN2O3S2. The summed E-state index contributed by atoms with van der Waals surface area (Å²) < 4.78 is 40.5. The molecule has 0 bridgehead atoms. The summed E-state index contributed by atoms with van der Waals surface area (Å²) in [4.78, 5) is 14.3. The highest BCUT2D eigenvalue weighted by molar-refractivity contribution is 8.00. The molecule has 154 valence electrons. The van der Waals surface area contributed by atoms with Gasteiger partial charge in [-0.05, 0) is 60.5 Å². The Morgan fingerprint density at radius 1 is 1.00 bits per heavy atom. The first-order chi connectivity index (χ1) is 14.3. The molecule has 5 nitrogen and oxygen atoms in total. The van der Waals surface area contributed by atoms with Crippen LogP contribution in [0.4, 0.5) is 15.8 Å². The first kappa shape index (κ1) is 20.4. The number of nitrogens with zero attached hydrogens (tertiary/aromatic N) is 1. The van der Waals surface area contributed by atoms with Gasteiger partial charge in [-0.3, -0.25) is 14.4 Å². The van der Waals surface area contributed by atoms with Crippen molar-refractivity contribution in [2.24, 2.45) is 0 Å². The molecule has 3 aromatic rings. The largest absolute Gasteiger partial charge is 0.295 e. The number of anilines is 2. The highest BCUT2D eigenvalue weighted by Gasteiger charge is 2.34. The van der Waals surface area contributed by atoms with Gasteiger partial charge in [0.1, 0.15) is 11.2 Å². The molecule has 30 heavy (non-hydrogen) atoms. The number of amides is 1. The van der Waals surface area contributed by atoms with E-state index in [9.17, 15) is 17.6 Å². The average molecular weight is 443 g/mol. The van der Waals surface area contributed by atoms with Crippen LogP contribution in [0.25, 0.3) is 0 Å². The van der Waals surface area contributed by atoms with E-state index >= 15 is 0 Å². The number of aryl methyl sites for hydroxylation is 1. The Hall–Kier alpha value is -2.84. The lowest BCUT2D eigenvalue weighted by Crippen LogP contribution is -2.28. The van der Waals surface area contributed by atoms with Gasteiger partial charge in [-0.15, -0.1) is 11.8 Å². The molecule has 1 aliphatic heterocycles. The van der Waals surface area contributed by atoms with Crippen LogP contribution in [0, 0.1) is 12.7 Å². The number of benzene rings is 3. The lowest BCUT2D eigenvalue weighted by atomic mass is 10.1. The van der Waals surface area contributed by atoms with Gasteiger partial charge in [-0.2, -0.15) is 0 Å². The predicted octanol–water partition coefficient (Wildman–Crippen LogP) is 4.71. The first-order valence-corrected chi connectivity index (χ1v) is 11.8. The number of nitrogens with one attached hydrogen (secondary N) is 1. The van der Waals surface area contributed by atoms with Crippen LogP contribution in [0.3, 0.4) is 0 Å². The van der Waals surface area contributed by atoms with Crippen LogP contribution in [-0.4, -0.2) is 20.1 Å². The summed E-state index contributed by atoms with van der Waals surface area (Å²) in [5, 5.41) is -0.179. The van der Waals surface area contributed by atoms with Gasteiger partial charge >= 0.3 is 0 Å². The van der Waals surface area contributed by atoms with E-state index in [0.717, 1.165) is 28.9 Å². The second-order valence-electron chi connectivity index (χ2n) is 6.90. The minimum Gasteiger partial charge on any atom is -0.295 e. The zero-order valence-electron chi connectivity index (χ0n) is 16.1. The number of sulfonamides is 1. The van der Waals surface area contributed by atoms with Crippen LogP contribution in [0.5, 0.6) is 0 Å². The van der Waals surface area contributed by atoms with Crippen LogP contribution in [0.1, 0.15) is 16.5 Å². The van der Waals surface area contributed by atoms with Gasteiger partial charge in [0, 0.05) is 11.4 Å². The molecule has 1 saturated heterocycles. The van der Waals surface area contributed by atoms with Gasteiger partial charge in [-0.1, -0.05) is 30.3 Å². The van der Waals surface area contributed by atoms with Crippen molar-refractivity contribution in [1.29, 1.82) is 0 Å². The Kier molecular flexibility index (Phi) is 5.53. The number of hydrogen-bond acceptors (Lipinski definition) is 4. The third kappa shape index (κ3) is 4.06. The van der Waals surface area contributed by atoms with E-state index in [2.05, 4.69) is 4.72 Å². The molecule has 1 fully saturated rings. The van der Waals surface area contributed by atoms with Crippen molar-refractivity contribution in [2.75, 3.05) is 15.4 Å². The number of rotatable bonds is 5. The van der Waals surface area contributed by atoms with Gasteiger partial charge < -0.3 is 0 Å². The first-order valence-electron chi connectivity index (χ1n) is 9.23. The molecule has 1 heterocycles. The molecule has 0 aliphatic carbocycles. The second kappa shape index (κ2) is 8.12. The van der Waals surface area contributed by atoms with Gasteiger partial charge in [0.2, 0.25) is 5.91 Å². The van der Waals surface area contributed by atoms with E-state index in [0.29, 0.717) is 11.4 Å². The monoisotopic (exact) mass is 442 g/mol. The zero-order chi connectivity index (χ0) is 21.3. The molecular weight excluding hydrogens is 423 g/mol. The summed E-state index contributed by atoms with van der Waals surface area (Å²) in [6.07, 6.45) is 0. The van der Waals surface area contributed by atoms with Crippen LogP contribution in [-0.2, 0) is 14.8 Å². The van der Waals surface area contributed by atoms with Crippen LogP contribution in [0.15, 0.2) is 77.7 Å². The minimum absolute atomic E-state index is 0.0179. The van der Waals surface area contributed by atoms with E-state index in [1.807, 2.05) is 43.3 Å². The van der Waals surface area contributed by atoms with Crippen LogP contribution in [0.2, 0.25) is 0 Å². The number of para-hydroxylation sites is 1. The minimum atomic E-state index is -3.82. The Labute approximate surface area is 179 Å². The lowest BCUT2D eigenvalue weighted by Gasteiger charge is -2.26. The van der Waals surface area contributed by atoms with Crippen LogP contribution < -0.4 is 9.62 Å². The van der Waals surface area contributed by atoms with Crippen molar-refractivity contribution < 1.29 is 17.6 Å². The molecule has 1 N–H and O–H groups in total. The van der Waals surface area contributed by atoms with E-state index in [-0.39, 0.29) is 16.2 Å². The Morgan fingerprint density at radius 3 is 2.33 bits per heavy atom. The summed E-state index contributed by atoms with van der Waals surface area (Å²) in [5.41, 5.74) is 3.18.